The molecule has 14 heavy (non-hydrogen) atoms. The number of carbonyl (C=O) groups excluding carboxylic acids is 1. The van der Waals surface area contributed by atoms with Gasteiger partial charge in [-0.3, -0.25) is 4.79 Å². The summed E-state index contributed by atoms with van der Waals surface area (Å²) in [5, 5.41) is 0. The number of hydrogen-bond acceptors (Lipinski definition) is 2. The Hall–Kier alpha value is -0.570. The van der Waals surface area contributed by atoms with Crippen molar-refractivity contribution in [1.82, 2.24) is 9.80 Å². The Morgan fingerprint density at radius 3 is 2.07 bits per heavy atom. The lowest BCUT2D eigenvalue weighted by Crippen LogP contribution is -2.30. The summed E-state index contributed by atoms with van der Waals surface area (Å²) in [7, 11) is 4.12. The van der Waals surface area contributed by atoms with Crippen molar-refractivity contribution >= 4 is 5.91 Å². The molecule has 0 aliphatic rings. The minimum Gasteiger partial charge on any atom is -0.343 e. The second kappa shape index (κ2) is 7.80. The highest BCUT2D eigenvalue weighted by Gasteiger charge is 2.08. The zero-order valence-electron chi connectivity index (χ0n) is 10.0. The van der Waals surface area contributed by atoms with Gasteiger partial charge >= 0.3 is 0 Å². The van der Waals surface area contributed by atoms with Gasteiger partial charge in [0.05, 0.1) is 0 Å². The van der Waals surface area contributed by atoms with Crippen molar-refractivity contribution in [2.75, 3.05) is 33.7 Å². The summed E-state index contributed by atoms with van der Waals surface area (Å²) in [5.41, 5.74) is 0. The van der Waals surface area contributed by atoms with E-state index in [4.69, 9.17) is 0 Å². The highest BCUT2D eigenvalue weighted by molar-refractivity contribution is 5.75. The lowest BCUT2D eigenvalue weighted by molar-refractivity contribution is -0.130. The van der Waals surface area contributed by atoms with Crippen LogP contribution in [-0.2, 0) is 4.79 Å². The third-order valence-electron chi connectivity index (χ3n) is 2.36. The van der Waals surface area contributed by atoms with E-state index in [1.54, 1.807) is 0 Å². The van der Waals surface area contributed by atoms with Gasteiger partial charge < -0.3 is 9.80 Å². The van der Waals surface area contributed by atoms with Crippen LogP contribution < -0.4 is 0 Å². The van der Waals surface area contributed by atoms with Gasteiger partial charge in [0, 0.05) is 19.5 Å². The first-order chi connectivity index (χ1) is 6.61. The Labute approximate surface area is 88.1 Å². The molecule has 0 unspecified atom stereocenters. The Kier molecular flexibility index (Phi) is 7.48. The molecule has 0 fully saturated rings. The van der Waals surface area contributed by atoms with Crippen LogP contribution in [0, 0.1) is 0 Å². The van der Waals surface area contributed by atoms with Crippen LogP contribution in [0.5, 0.6) is 0 Å². The number of hydrogen-bond donors (Lipinski definition) is 0. The van der Waals surface area contributed by atoms with Crippen LogP contribution in [0.3, 0.4) is 0 Å². The van der Waals surface area contributed by atoms with Crippen molar-refractivity contribution in [3.63, 3.8) is 0 Å². The molecule has 0 saturated carbocycles. The van der Waals surface area contributed by atoms with E-state index in [0.717, 1.165) is 32.5 Å². The molecular formula is C11H24N2O. The van der Waals surface area contributed by atoms with Crippen molar-refractivity contribution in [1.29, 1.82) is 0 Å². The fraction of sp³-hybridized carbons (Fsp3) is 0.909. The van der Waals surface area contributed by atoms with Crippen LogP contribution >= 0.6 is 0 Å². The van der Waals surface area contributed by atoms with Gasteiger partial charge in [0.1, 0.15) is 0 Å². The molecule has 0 rings (SSSR count). The summed E-state index contributed by atoms with van der Waals surface area (Å²) < 4.78 is 0. The molecule has 0 atom stereocenters. The van der Waals surface area contributed by atoms with Gasteiger partial charge in [-0.25, -0.2) is 0 Å². The molecule has 0 aromatic carbocycles. The first-order valence-corrected chi connectivity index (χ1v) is 5.54. The normalized spacial score (nSPS) is 10.6. The molecule has 0 aliphatic carbocycles. The zero-order chi connectivity index (χ0) is 11.0. The molecule has 0 bridgehead atoms. The van der Waals surface area contributed by atoms with Crippen LogP contribution in [0.4, 0.5) is 0 Å². The molecule has 0 heterocycles. The predicted molar refractivity (Wildman–Crippen MR) is 60.3 cm³/mol. The first-order valence-electron chi connectivity index (χ1n) is 5.54. The second-order valence-electron chi connectivity index (χ2n) is 3.83. The van der Waals surface area contributed by atoms with Gasteiger partial charge in [0.25, 0.3) is 0 Å². The van der Waals surface area contributed by atoms with E-state index in [1.165, 1.54) is 0 Å². The number of amides is 1. The van der Waals surface area contributed by atoms with E-state index < -0.39 is 0 Å². The number of nitrogens with zero attached hydrogens (tertiary/aromatic N) is 2. The summed E-state index contributed by atoms with van der Waals surface area (Å²) in [6.07, 6.45) is 2.82. The summed E-state index contributed by atoms with van der Waals surface area (Å²) >= 11 is 0. The van der Waals surface area contributed by atoms with Crippen molar-refractivity contribution in [2.24, 2.45) is 0 Å². The SMILES string of the molecule is CCN(CC)C(=O)CCCCN(C)C. The third kappa shape index (κ3) is 5.97. The number of rotatable bonds is 7. The van der Waals surface area contributed by atoms with Gasteiger partial charge in [-0.05, 0) is 47.3 Å². The van der Waals surface area contributed by atoms with Crippen molar-refractivity contribution < 1.29 is 4.79 Å². The number of carbonyl (C=O) groups is 1. The molecule has 84 valence electrons. The summed E-state index contributed by atoms with van der Waals surface area (Å²) in [6.45, 7) is 6.81. The fourth-order valence-corrected chi connectivity index (χ4v) is 1.44. The highest BCUT2D eigenvalue weighted by atomic mass is 16.2. The fourth-order valence-electron chi connectivity index (χ4n) is 1.44. The van der Waals surface area contributed by atoms with E-state index in [0.29, 0.717) is 12.3 Å². The van der Waals surface area contributed by atoms with Crippen molar-refractivity contribution in [3.05, 3.63) is 0 Å². The Morgan fingerprint density at radius 1 is 1.07 bits per heavy atom. The second-order valence-corrected chi connectivity index (χ2v) is 3.83. The van der Waals surface area contributed by atoms with Crippen LogP contribution in [0.25, 0.3) is 0 Å². The maximum absolute atomic E-state index is 11.6. The molecule has 3 nitrogen and oxygen atoms in total. The molecule has 0 aromatic rings. The monoisotopic (exact) mass is 200 g/mol. The molecule has 0 aliphatic heterocycles. The van der Waals surface area contributed by atoms with Crippen LogP contribution in [-0.4, -0.2) is 49.4 Å². The van der Waals surface area contributed by atoms with Gasteiger partial charge in [0.15, 0.2) is 0 Å². The average Bonchev–Trinajstić information content (AvgIpc) is 2.14. The Morgan fingerprint density at radius 2 is 1.64 bits per heavy atom. The number of unbranched alkanes of at least 4 members (excludes halogenated alkanes) is 1. The topological polar surface area (TPSA) is 23.6 Å². The Balaban J connectivity index is 3.52. The maximum atomic E-state index is 11.6. The van der Waals surface area contributed by atoms with E-state index in [9.17, 15) is 4.79 Å². The van der Waals surface area contributed by atoms with E-state index in [2.05, 4.69) is 19.0 Å². The lowest BCUT2D eigenvalue weighted by Gasteiger charge is -2.18. The molecular weight excluding hydrogens is 176 g/mol. The molecule has 0 spiro atoms. The summed E-state index contributed by atoms with van der Waals surface area (Å²) in [5.74, 6) is 0.300. The minimum atomic E-state index is 0.300. The van der Waals surface area contributed by atoms with E-state index >= 15 is 0 Å². The van der Waals surface area contributed by atoms with Gasteiger partial charge in [-0.2, -0.15) is 0 Å². The molecule has 3 heteroatoms. The van der Waals surface area contributed by atoms with Gasteiger partial charge in [0.2, 0.25) is 5.91 Å². The zero-order valence-corrected chi connectivity index (χ0v) is 10.0. The molecule has 0 N–H and O–H groups in total. The van der Waals surface area contributed by atoms with Gasteiger partial charge in [-0.1, -0.05) is 0 Å². The van der Waals surface area contributed by atoms with E-state index in [-0.39, 0.29) is 0 Å². The van der Waals surface area contributed by atoms with Crippen molar-refractivity contribution in [2.45, 2.75) is 33.1 Å². The minimum absolute atomic E-state index is 0.300. The summed E-state index contributed by atoms with van der Waals surface area (Å²) in [6, 6.07) is 0. The summed E-state index contributed by atoms with van der Waals surface area (Å²) in [4.78, 5) is 15.6. The highest BCUT2D eigenvalue weighted by Crippen LogP contribution is 2.01. The van der Waals surface area contributed by atoms with Gasteiger partial charge in [-0.15, -0.1) is 0 Å². The smallest absolute Gasteiger partial charge is 0.222 e. The maximum Gasteiger partial charge on any atom is 0.222 e. The first kappa shape index (κ1) is 13.4. The Bertz CT molecular complexity index is 153. The van der Waals surface area contributed by atoms with Crippen LogP contribution in [0.2, 0.25) is 0 Å². The largest absolute Gasteiger partial charge is 0.343 e. The van der Waals surface area contributed by atoms with Crippen molar-refractivity contribution in [3.8, 4) is 0 Å². The molecule has 0 aromatic heterocycles. The quantitative estimate of drug-likeness (QED) is 0.583. The molecule has 0 saturated heterocycles. The molecule has 0 radical (unpaired) electrons. The van der Waals surface area contributed by atoms with Crippen LogP contribution in [0.1, 0.15) is 33.1 Å². The average molecular weight is 200 g/mol. The predicted octanol–water partition coefficient (Wildman–Crippen LogP) is 1.59. The standard InChI is InChI=1S/C11H24N2O/c1-5-13(6-2)11(14)9-7-8-10-12(3)4/h5-10H2,1-4H3. The molecule has 1 amide bonds. The lowest BCUT2D eigenvalue weighted by atomic mass is 10.2. The van der Waals surface area contributed by atoms with Crippen LogP contribution in [0.15, 0.2) is 0 Å². The third-order valence-corrected chi connectivity index (χ3v) is 2.36. The van der Waals surface area contributed by atoms with E-state index in [1.807, 2.05) is 18.7 Å².